The molecule has 0 aromatic rings. The van der Waals surface area contributed by atoms with E-state index in [1.807, 2.05) is 6.92 Å². The maximum atomic E-state index is 11.8. The lowest BCUT2D eigenvalue weighted by molar-refractivity contribution is -0.137. The number of carbonyl (C=O) groups excluding carboxylic acids is 1. The Morgan fingerprint density at radius 2 is 1.89 bits per heavy atom. The monoisotopic (exact) mass is 270 g/mol. The van der Waals surface area contributed by atoms with Crippen molar-refractivity contribution in [3.8, 4) is 0 Å². The van der Waals surface area contributed by atoms with Gasteiger partial charge in [-0.25, -0.2) is 4.79 Å². The molecule has 0 saturated heterocycles. The molecule has 0 radical (unpaired) electrons. The number of carboxylic acid groups (broad SMARTS) is 1. The van der Waals surface area contributed by atoms with Gasteiger partial charge in [-0.15, -0.1) is 0 Å². The van der Waals surface area contributed by atoms with Crippen LogP contribution in [-0.2, 0) is 4.79 Å². The van der Waals surface area contributed by atoms with E-state index in [2.05, 4.69) is 17.6 Å². The fourth-order valence-corrected chi connectivity index (χ4v) is 2.62. The summed E-state index contributed by atoms with van der Waals surface area (Å²) in [5, 5.41) is 14.3. The van der Waals surface area contributed by atoms with Crippen LogP contribution in [0.25, 0.3) is 0 Å². The summed E-state index contributed by atoms with van der Waals surface area (Å²) in [6.45, 7) is 4.75. The fourth-order valence-electron chi connectivity index (χ4n) is 2.62. The van der Waals surface area contributed by atoms with Gasteiger partial charge in [-0.2, -0.15) is 0 Å². The summed E-state index contributed by atoms with van der Waals surface area (Å²) in [6.07, 6.45) is 6.66. The Morgan fingerprint density at radius 3 is 2.42 bits per heavy atom. The van der Waals surface area contributed by atoms with E-state index in [4.69, 9.17) is 5.11 Å². The van der Waals surface area contributed by atoms with Crippen LogP contribution in [0.15, 0.2) is 0 Å². The van der Waals surface area contributed by atoms with Gasteiger partial charge >= 0.3 is 12.0 Å². The van der Waals surface area contributed by atoms with E-state index in [-0.39, 0.29) is 23.9 Å². The molecule has 3 N–H and O–H groups in total. The number of carbonyl (C=O) groups is 2. The first-order valence-corrected chi connectivity index (χ1v) is 7.21. The molecule has 5 nitrogen and oxygen atoms in total. The lowest BCUT2D eigenvalue weighted by Crippen LogP contribution is -2.46. The molecule has 1 atom stereocenters. The third-order valence-electron chi connectivity index (χ3n) is 3.99. The van der Waals surface area contributed by atoms with Crippen LogP contribution in [0.5, 0.6) is 0 Å². The highest BCUT2D eigenvalue weighted by Crippen LogP contribution is 2.34. The van der Waals surface area contributed by atoms with Crippen molar-refractivity contribution in [2.45, 2.75) is 64.8 Å². The summed E-state index contributed by atoms with van der Waals surface area (Å²) in [4.78, 5) is 22.4. The zero-order valence-electron chi connectivity index (χ0n) is 12.0. The van der Waals surface area contributed by atoms with Gasteiger partial charge in [0.15, 0.2) is 0 Å². The van der Waals surface area contributed by atoms with E-state index < -0.39 is 5.97 Å². The standard InChI is InChI=1S/C14H26N2O3/c1-3-11(9-12(17)18)16-13(19)15-10-14(2)7-5-4-6-8-14/h11H,3-10H2,1-2H3,(H,17,18)(H2,15,16,19). The molecule has 0 heterocycles. The zero-order valence-corrected chi connectivity index (χ0v) is 12.0. The normalized spacial score (nSPS) is 19.5. The van der Waals surface area contributed by atoms with E-state index in [1.165, 1.54) is 19.3 Å². The molecule has 0 aromatic carbocycles. The molecular weight excluding hydrogens is 244 g/mol. The van der Waals surface area contributed by atoms with Crippen LogP contribution >= 0.6 is 0 Å². The number of rotatable bonds is 6. The zero-order chi connectivity index (χ0) is 14.3. The van der Waals surface area contributed by atoms with Gasteiger partial charge in [0.05, 0.1) is 6.42 Å². The van der Waals surface area contributed by atoms with Crippen molar-refractivity contribution in [2.75, 3.05) is 6.54 Å². The Kier molecular flexibility index (Phi) is 6.12. The van der Waals surface area contributed by atoms with Crippen LogP contribution < -0.4 is 10.6 Å². The highest BCUT2D eigenvalue weighted by Gasteiger charge is 2.27. The molecule has 0 spiro atoms. The van der Waals surface area contributed by atoms with Crippen molar-refractivity contribution in [2.24, 2.45) is 5.41 Å². The summed E-state index contributed by atoms with van der Waals surface area (Å²) in [7, 11) is 0. The predicted octanol–water partition coefficient (Wildman–Crippen LogP) is 2.51. The van der Waals surface area contributed by atoms with E-state index in [9.17, 15) is 9.59 Å². The molecule has 110 valence electrons. The average molecular weight is 270 g/mol. The minimum absolute atomic E-state index is 0.0266. The number of hydrogen-bond donors (Lipinski definition) is 3. The van der Waals surface area contributed by atoms with Gasteiger partial charge in [0.2, 0.25) is 0 Å². The van der Waals surface area contributed by atoms with Crippen LogP contribution in [0.1, 0.15) is 58.8 Å². The second-order valence-corrected chi connectivity index (χ2v) is 5.90. The second-order valence-electron chi connectivity index (χ2n) is 5.90. The first-order chi connectivity index (χ1) is 8.95. The highest BCUT2D eigenvalue weighted by atomic mass is 16.4. The number of hydrogen-bond acceptors (Lipinski definition) is 2. The third kappa shape index (κ3) is 5.94. The smallest absolute Gasteiger partial charge is 0.315 e. The Morgan fingerprint density at radius 1 is 1.26 bits per heavy atom. The molecule has 0 aliphatic heterocycles. The van der Waals surface area contributed by atoms with Crippen molar-refractivity contribution >= 4 is 12.0 Å². The number of nitrogens with one attached hydrogen (secondary N) is 2. The predicted molar refractivity (Wildman–Crippen MR) is 74.1 cm³/mol. The van der Waals surface area contributed by atoms with Gasteiger partial charge in [-0.3, -0.25) is 4.79 Å². The Bertz CT molecular complexity index is 312. The molecule has 1 unspecified atom stereocenters. The SMILES string of the molecule is CCC(CC(=O)O)NC(=O)NCC1(C)CCCCC1. The molecule has 1 saturated carbocycles. The molecule has 1 aliphatic carbocycles. The van der Waals surface area contributed by atoms with Crippen molar-refractivity contribution in [1.29, 1.82) is 0 Å². The summed E-state index contributed by atoms with van der Waals surface area (Å²) in [6, 6.07) is -0.545. The van der Waals surface area contributed by atoms with Crippen molar-refractivity contribution in [3.63, 3.8) is 0 Å². The number of aliphatic carboxylic acids is 1. The topological polar surface area (TPSA) is 78.4 Å². The van der Waals surface area contributed by atoms with Crippen molar-refractivity contribution in [3.05, 3.63) is 0 Å². The van der Waals surface area contributed by atoms with Crippen LogP contribution in [0.2, 0.25) is 0 Å². The number of carboxylic acids is 1. The van der Waals surface area contributed by atoms with Crippen molar-refractivity contribution < 1.29 is 14.7 Å². The minimum atomic E-state index is -0.883. The summed E-state index contributed by atoms with van der Waals surface area (Å²) in [5.74, 6) is -0.883. The van der Waals surface area contributed by atoms with E-state index >= 15 is 0 Å². The lowest BCUT2D eigenvalue weighted by atomic mass is 9.76. The van der Waals surface area contributed by atoms with Crippen LogP contribution in [0.3, 0.4) is 0 Å². The van der Waals surface area contributed by atoms with Gasteiger partial charge < -0.3 is 15.7 Å². The van der Waals surface area contributed by atoms with E-state index in [0.717, 1.165) is 12.8 Å². The molecule has 1 aliphatic rings. The number of amides is 2. The maximum Gasteiger partial charge on any atom is 0.315 e. The fraction of sp³-hybridized carbons (Fsp3) is 0.857. The summed E-state index contributed by atoms with van der Waals surface area (Å²) < 4.78 is 0. The highest BCUT2D eigenvalue weighted by molar-refractivity contribution is 5.75. The van der Waals surface area contributed by atoms with Gasteiger partial charge in [0.25, 0.3) is 0 Å². The molecule has 0 aromatic heterocycles. The maximum absolute atomic E-state index is 11.8. The quantitative estimate of drug-likeness (QED) is 0.694. The lowest BCUT2D eigenvalue weighted by Gasteiger charge is -2.33. The summed E-state index contributed by atoms with van der Waals surface area (Å²) in [5.41, 5.74) is 0.199. The van der Waals surface area contributed by atoms with E-state index in [1.54, 1.807) is 0 Å². The molecular formula is C14H26N2O3. The first-order valence-electron chi connectivity index (χ1n) is 7.21. The number of urea groups is 1. The molecule has 5 heteroatoms. The molecule has 19 heavy (non-hydrogen) atoms. The average Bonchev–Trinajstić information content (AvgIpc) is 2.36. The van der Waals surface area contributed by atoms with Crippen LogP contribution in [-0.4, -0.2) is 29.7 Å². The Labute approximate surface area is 115 Å². The molecule has 1 rings (SSSR count). The van der Waals surface area contributed by atoms with Gasteiger partial charge in [0, 0.05) is 12.6 Å². The van der Waals surface area contributed by atoms with Crippen LogP contribution in [0, 0.1) is 5.41 Å². The largest absolute Gasteiger partial charge is 0.481 e. The third-order valence-corrected chi connectivity index (χ3v) is 3.99. The second kappa shape index (κ2) is 7.36. The van der Waals surface area contributed by atoms with E-state index in [0.29, 0.717) is 13.0 Å². The Balaban J connectivity index is 2.31. The Hall–Kier alpha value is -1.26. The van der Waals surface area contributed by atoms with Crippen molar-refractivity contribution in [1.82, 2.24) is 10.6 Å². The summed E-state index contributed by atoms with van der Waals surface area (Å²) >= 11 is 0. The van der Waals surface area contributed by atoms with Gasteiger partial charge in [-0.05, 0) is 24.7 Å². The molecule has 0 bridgehead atoms. The van der Waals surface area contributed by atoms with Gasteiger partial charge in [-0.1, -0.05) is 33.1 Å². The van der Waals surface area contributed by atoms with Gasteiger partial charge in [0.1, 0.15) is 0 Å². The molecule has 2 amide bonds. The first kappa shape index (κ1) is 15.8. The minimum Gasteiger partial charge on any atom is -0.481 e. The van der Waals surface area contributed by atoms with Crippen LogP contribution in [0.4, 0.5) is 4.79 Å². The molecule has 1 fully saturated rings.